The van der Waals surface area contributed by atoms with Crippen molar-refractivity contribution in [1.82, 2.24) is 9.03 Å². The van der Waals surface area contributed by atoms with E-state index in [9.17, 15) is 16.8 Å². The highest BCUT2D eigenvalue weighted by molar-refractivity contribution is 7.89. The fourth-order valence-corrected chi connectivity index (χ4v) is 4.12. The Bertz CT molecular complexity index is 911. The Labute approximate surface area is 154 Å². The maximum Gasteiger partial charge on any atom is 0.240 e. The van der Waals surface area contributed by atoms with Gasteiger partial charge in [0.2, 0.25) is 20.0 Å². The molecule has 1 N–H and O–H groups in total. The van der Waals surface area contributed by atoms with Gasteiger partial charge in [-0.1, -0.05) is 30.3 Å². The minimum Gasteiger partial charge on any atom is -0.497 e. The summed E-state index contributed by atoms with van der Waals surface area (Å²) in [5, 5.41) is 0. The Hall–Kier alpha value is -1.94. The van der Waals surface area contributed by atoms with Gasteiger partial charge in [-0.05, 0) is 29.8 Å². The summed E-state index contributed by atoms with van der Waals surface area (Å²) in [6.45, 7) is 0.182. The molecule has 0 aliphatic carbocycles. The third kappa shape index (κ3) is 5.80. The molecular weight excluding hydrogens is 376 g/mol. The molecule has 0 spiro atoms. The molecule has 9 heteroatoms. The van der Waals surface area contributed by atoms with E-state index in [0.29, 0.717) is 5.75 Å². The first-order valence-corrected chi connectivity index (χ1v) is 11.2. The molecule has 0 aromatic heterocycles. The van der Waals surface area contributed by atoms with Crippen LogP contribution in [0.5, 0.6) is 5.75 Å². The average Bonchev–Trinajstić information content (AvgIpc) is 2.61. The molecule has 26 heavy (non-hydrogen) atoms. The molecule has 0 heterocycles. The van der Waals surface area contributed by atoms with Crippen molar-refractivity contribution < 1.29 is 21.6 Å². The second-order valence-corrected chi connectivity index (χ2v) is 9.40. The first-order chi connectivity index (χ1) is 12.2. The molecule has 0 aliphatic heterocycles. The van der Waals surface area contributed by atoms with Gasteiger partial charge < -0.3 is 4.74 Å². The van der Waals surface area contributed by atoms with E-state index in [2.05, 4.69) is 4.72 Å². The topological polar surface area (TPSA) is 92.8 Å². The Morgan fingerprint density at radius 3 is 2.12 bits per heavy atom. The first kappa shape index (κ1) is 20.4. The highest BCUT2D eigenvalue weighted by atomic mass is 32.2. The molecule has 2 aromatic rings. The molecule has 0 radical (unpaired) electrons. The van der Waals surface area contributed by atoms with Crippen molar-refractivity contribution in [2.24, 2.45) is 0 Å². The van der Waals surface area contributed by atoms with Gasteiger partial charge in [-0.25, -0.2) is 21.6 Å². The van der Waals surface area contributed by atoms with Crippen LogP contribution in [0.25, 0.3) is 0 Å². The van der Waals surface area contributed by atoms with Crippen LogP contribution in [0.1, 0.15) is 5.56 Å². The first-order valence-electron chi connectivity index (χ1n) is 7.85. The van der Waals surface area contributed by atoms with E-state index in [0.717, 1.165) is 11.8 Å². The van der Waals surface area contributed by atoms with E-state index in [-0.39, 0.29) is 24.5 Å². The molecule has 0 fully saturated rings. The number of rotatable bonds is 9. The van der Waals surface area contributed by atoms with Crippen LogP contribution in [-0.4, -0.2) is 47.6 Å². The third-order valence-corrected chi connectivity index (χ3v) is 6.42. The highest BCUT2D eigenvalue weighted by Gasteiger charge is 2.19. The normalized spacial score (nSPS) is 12.3. The second-order valence-electron chi connectivity index (χ2n) is 5.66. The van der Waals surface area contributed by atoms with Gasteiger partial charge in [-0.15, -0.1) is 0 Å². The molecule has 0 aliphatic rings. The van der Waals surface area contributed by atoms with Crippen LogP contribution >= 0.6 is 0 Å². The van der Waals surface area contributed by atoms with E-state index in [1.54, 1.807) is 12.1 Å². The van der Waals surface area contributed by atoms with Crippen molar-refractivity contribution >= 4 is 20.0 Å². The van der Waals surface area contributed by atoms with Crippen LogP contribution in [0.2, 0.25) is 0 Å². The highest BCUT2D eigenvalue weighted by Crippen LogP contribution is 2.15. The maximum atomic E-state index is 12.3. The predicted octanol–water partition coefficient (Wildman–Crippen LogP) is 1.44. The zero-order valence-corrected chi connectivity index (χ0v) is 16.3. The zero-order valence-electron chi connectivity index (χ0n) is 14.6. The lowest BCUT2D eigenvalue weighted by molar-refractivity contribution is 0.412. The summed E-state index contributed by atoms with van der Waals surface area (Å²) in [5.74, 6) is 0.551. The van der Waals surface area contributed by atoms with Crippen molar-refractivity contribution in [2.75, 3.05) is 26.5 Å². The number of hydrogen-bond acceptors (Lipinski definition) is 5. The van der Waals surface area contributed by atoms with Crippen LogP contribution in [0.4, 0.5) is 0 Å². The molecule has 0 unspecified atom stereocenters. The third-order valence-electron chi connectivity index (χ3n) is 3.69. The molecular formula is C17H22N2O5S2. The van der Waals surface area contributed by atoms with Crippen molar-refractivity contribution in [3.63, 3.8) is 0 Å². The summed E-state index contributed by atoms with van der Waals surface area (Å²) in [6, 6.07) is 15.1. The van der Waals surface area contributed by atoms with Crippen molar-refractivity contribution in [2.45, 2.75) is 11.4 Å². The van der Waals surface area contributed by atoms with Crippen LogP contribution in [-0.2, 0) is 26.6 Å². The molecule has 2 rings (SSSR count). The number of sulfonamides is 2. The summed E-state index contributed by atoms with van der Waals surface area (Å²) < 4.78 is 57.2. The fourth-order valence-electron chi connectivity index (χ4n) is 2.29. The van der Waals surface area contributed by atoms with Gasteiger partial charge in [-0.2, -0.15) is 4.31 Å². The number of nitrogens with one attached hydrogen (secondary N) is 1. The lowest BCUT2D eigenvalue weighted by Gasteiger charge is -2.20. The van der Waals surface area contributed by atoms with Crippen LogP contribution in [0, 0.1) is 0 Å². The van der Waals surface area contributed by atoms with Gasteiger partial charge in [0.1, 0.15) is 5.75 Å². The van der Waals surface area contributed by atoms with E-state index >= 15 is 0 Å². The van der Waals surface area contributed by atoms with Crippen LogP contribution in [0.3, 0.4) is 0 Å². The van der Waals surface area contributed by atoms with Crippen molar-refractivity contribution in [3.8, 4) is 5.75 Å². The van der Waals surface area contributed by atoms with Crippen molar-refractivity contribution in [1.29, 1.82) is 0 Å². The quantitative estimate of drug-likeness (QED) is 0.690. The minimum atomic E-state index is -3.73. The number of benzene rings is 2. The Kier molecular flexibility index (Phi) is 6.76. The van der Waals surface area contributed by atoms with Gasteiger partial charge in [-0.3, -0.25) is 0 Å². The number of hydrogen-bond donors (Lipinski definition) is 1. The van der Waals surface area contributed by atoms with E-state index < -0.39 is 20.0 Å². The molecule has 0 saturated heterocycles. The second kappa shape index (κ2) is 8.63. The monoisotopic (exact) mass is 398 g/mol. The summed E-state index contributed by atoms with van der Waals surface area (Å²) in [4.78, 5) is 0.0901. The molecule has 0 bridgehead atoms. The van der Waals surface area contributed by atoms with E-state index in [1.165, 1.54) is 23.5 Å². The van der Waals surface area contributed by atoms with Gasteiger partial charge >= 0.3 is 0 Å². The Morgan fingerprint density at radius 1 is 0.962 bits per heavy atom. The molecule has 7 nitrogen and oxygen atoms in total. The van der Waals surface area contributed by atoms with Crippen LogP contribution < -0.4 is 9.46 Å². The van der Waals surface area contributed by atoms with Crippen molar-refractivity contribution in [3.05, 3.63) is 60.2 Å². The Balaban J connectivity index is 2.01. The summed E-state index contributed by atoms with van der Waals surface area (Å²) in [6.07, 6.45) is 1.11. The van der Waals surface area contributed by atoms with E-state index in [4.69, 9.17) is 4.74 Å². The lowest BCUT2D eigenvalue weighted by atomic mass is 10.2. The lowest BCUT2D eigenvalue weighted by Crippen LogP contribution is -2.37. The SMILES string of the molecule is COc1ccc(S(=O)(=O)NCCN(Cc2ccccc2)S(C)(=O)=O)cc1. The summed E-state index contributed by atoms with van der Waals surface area (Å²) in [7, 11) is -5.70. The molecule has 0 saturated carbocycles. The van der Waals surface area contributed by atoms with Gasteiger partial charge in [0.25, 0.3) is 0 Å². The zero-order chi connectivity index (χ0) is 19.2. The number of nitrogens with zero attached hydrogens (tertiary/aromatic N) is 1. The van der Waals surface area contributed by atoms with Gasteiger partial charge in [0.05, 0.1) is 18.3 Å². The largest absolute Gasteiger partial charge is 0.497 e. The maximum absolute atomic E-state index is 12.3. The van der Waals surface area contributed by atoms with E-state index in [1.807, 2.05) is 30.3 Å². The molecule has 142 valence electrons. The number of ether oxygens (including phenoxy) is 1. The fraction of sp³-hybridized carbons (Fsp3) is 0.294. The van der Waals surface area contributed by atoms with Crippen LogP contribution in [0.15, 0.2) is 59.5 Å². The van der Waals surface area contributed by atoms with Gasteiger partial charge in [0, 0.05) is 19.6 Å². The molecule has 0 atom stereocenters. The minimum absolute atomic E-state index is 0.0309. The smallest absolute Gasteiger partial charge is 0.240 e. The van der Waals surface area contributed by atoms with Gasteiger partial charge in [0.15, 0.2) is 0 Å². The molecule has 0 amide bonds. The summed E-state index contributed by atoms with van der Waals surface area (Å²) in [5.41, 5.74) is 0.830. The average molecular weight is 399 g/mol. The Morgan fingerprint density at radius 2 is 1.58 bits per heavy atom. The molecule has 2 aromatic carbocycles. The predicted molar refractivity (Wildman–Crippen MR) is 99.9 cm³/mol. The standard InChI is InChI=1S/C17H22N2O5S2/c1-24-16-8-10-17(11-9-16)26(22,23)18-12-13-19(25(2,20)21)14-15-6-4-3-5-7-15/h3-11,18H,12-14H2,1-2H3. The number of methoxy groups -OCH3 is 1. The summed E-state index contributed by atoms with van der Waals surface area (Å²) >= 11 is 0.